The SMILES string of the molecule is COc1ccc(OC)c(N(CC(=O)Nc2ccc(S(=O)(=O)Nc3c(C)cccc3C)cc2)S(=O)(=O)c2ccc(OC)c(OC)c2)c1. The zero-order valence-corrected chi connectivity index (χ0v) is 27.8. The number of carbonyl (C=O) groups excluding carboxylic acids is 1. The van der Waals surface area contributed by atoms with Crippen molar-refractivity contribution in [3.8, 4) is 23.0 Å². The first kappa shape index (κ1) is 33.9. The zero-order valence-electron chi connectivity index (χ0n) is 26.2. The number of hydrogen-bond donors (Lipinski definition) is 2. The van der Waals surface area contributed by atoms with Gasteiger partial charge in [-0.05, 0) is 73.5 Å². The van der Waals surface area contributed by atoms with Crippen molar-refractivity contribution in [2.45, 2.75) is 23.6 Å². The van der Waals surface area contributed by atoms with Crippen molar-refractivity contribution in [3.05, 3.63) is 90.0 Å². The second-order valence-corrected chi connectivity index (χ2v) is 13.6. The van der Waals surface area contributed by atoms with Crippen LogP contribution in [0.1, 0.15) is 11.1 Å². The number of ether oxygens (including phenoxy) is 4. The molecule has 0 fully saturated rings. The summed E-state index contributed by atoms with van der Waals surface area (Å²) in [5, 5.41) is 2.64. The molecule has 0 atom stereocenters. The van der Waals surface area contributed by atoms with Crippen LogP contribution in [-0.2, 0) is 24.8 Å². The zero-order chi connectivity index (χ0) is 33.6. The molecule has 0 aliphatic rings. The molecule has 0 heterocycles. The molecule has 0 unspecified atom stereocenters. The molecule has 244 valence electrons. The van der Waals surface area contributed by atoms with E-state index in [0.29, 0.717) is 17.2 Å². The van der Waals surface area contributed by atoms with Crippen LogP contribution >= 0.6 is 0 Å². The summed E-state index contributed by atoms with van der Waals surface area (Å²) in [6, 6.07) is 19.6. The number of sulfonamides is 2. The Morgan fingerprint density at radius 1 is 0.696 bits per heavy atom. The molecule has 0 radical (unpaired) electrons. The van der Waals surface area contributed by atoms with Gasteiger partial charge in [-0.15, -0.1) is 0 Å². The van der Waals surface area contributed by atoms with Gasteiger partial charge >= 0.3 is 0 Å². The standard InChI is InChI=1S/C32H35N3O9S2/c1-21-8-7-9-22(2)32(21)34-45(37,38)25-13-10-23(11-14-25)33-31(36)20-35(27-18-24(41-3)12-16-28(27)42-4)46(39,40)26-15-17-29(43-5)30(19-26)44-6/h7-19,34H,20H2,1-6H3,(H,33,36). The molecule has 4 aromatic carbocycles. The highest BCUT2D eigenvalue weighted by molar-refractivity contribution is 7.93. The molecule has 0 aliphatic heterocycles. The number of nitrogens with one attached hydrogen (secondary N) is 2. The Hall–Kier alpha value is -4.95. The fourth-order valence-corrected chi connectivity index (χ4v) is 7.25. The van der Waals surface area contributed by atoms with Gasteiger partial charge in [-0.1, -0.05) is 18.2 Å². The average molecular weight is 670 g/mol. The number of nitrogens with zero attached hydrogens (tertiary/aromatic N) is 1. The van der Waals surface area contributed by atoms with Crippen LogP contribution < -0.4 is 33.3 Å². The van der Waals surface area contributed by atoms with Crippen molar-refractivity contribution in [3.63, 3.8) is 0 Å². The van der Waals surface area contributed by atoms with E-state index in [2.05, 4.69) is 10.0 Å². The largest absolute Gasteiger partial charge is 0.497 e. The molecule has 14 heteroatoms. The molecule has 0 aliphatic carbocycles. The van der Waals surface area contributed by atoms with E-state index in [0.717, 1.165) is 15.4 Å². The molecule has 0 saturated heterocycles. The molecule has 0 spiro atoms. The van der Waals surface area contributed by atoms with Gasteiger partial charge in [0.15, 0.2) is 11.5 Å². The van der Waals surface area contributed by atoms with E-state index in [-0.39, 0.29) is 32.7 Å². The summed E-state index contributed by atoms with van der Waals surface area (Å²) in [6.45, 7) is 2.94. The minimum Gasteiger partial charge on any atom is -0.497 e. The van der Waals surface area contributed by atoms with E-state index >= 15 is 0 Å². The predicted molar refractivity (Wildman–Crippen MR) is 175 cm³/mol. The summed E-state index contributed by atoms with van der Waals surface area (Å²) in [7, 11) is -2.74. The van der Waals surface area contributed by atoms with Gasteiger partial charge in [-0.3, -0.25) is 13.8 Å². The smallest absolute Gasteiger partial charge is 0.265 e. The van der Waals surface area contributed by atoms with Crippen molar-refractivity contribution in [2.75, 3.05) is 49.3 Å². The minimum atomic E-state index is -4.41. The summed E-state index contributed by atoms with van der Waals surface area (Å²) in [5.74, 6) is 0.281. The van der Waals surface area contributed by atoms with E-state index in [9.17, 15) is 21.6 Å². The van der Waals surface area contributed by atoms with Crippen LogP contribution in [0.2, 0.25) is 0 Å². The Labute approximate surface area is 269 Å². The monoisotopic (exact) mass is 669 g/mol. The highest BCUT2D eigenvalue weighted by atomic mass is 32.2. The lowest BCUT2D eigenvalue weighted by molar-refractivity contribution is -0.114. The van der Waals surface area contributed by atoms with Crippen LogP contribution in [0.5, 0.6) is 23.0 Å². The lowest BCUT2D eigenvalue weighted by Gasteiger charge is -2.26. The first-order valence-electron chi connectivity index (χ1n) is 13.8. The molecule has 12 nitrogen and oxygen atoms in total. The summed E-state index contributed by atoms with van der Waals surface area (Å²) in [6.07, 6.45) is 0. The van der Waals surface area contributed by atoms with Crippen molar-refractivity contribution < 1.29 is 40.6 Å². The van der Waals surface area contributed by atoms with E-state index in [1.807, 2.05) is 6.07 Å². The van der Waals surface area contributed by atoms with Crippen LogP contribution in [0.3, 0.4) is 0 Å². The molecular formula is C32H35N3O9S2. The highest BCUT2D eigenvalue weighted by Gasteiger charge is 2.31. The maximum Gasteiger partial charge on any atom is 0.265 e. The molecule has 1 amide bonds. The normalized spacial score (nSPS) is 11.3. The number of aryl methyl sites for hydroxylation is 2. The Bertz CT molecular complexity index is 1930. The van der Waals surface area contributed by atoms with E-state index in [4.69, 9.17) is 18.9 Å². The van der Waals surface area contributed by atoms with E-state index in [1.165, 1.54) is 83.0 Å². The Kier molecular flexibility index (Phi) is 10.3. The quantitative estimate of drug-likeness (QED) is 0.201. The summed E-state index contributed by atoms with van der Waals surface area (Å²) in [4.78, 5) is 13.2. The second-order valence-electron chi connectivity index (χ2n) is 10.0. The van der Waals surface area contributed by atoms with Crippen molar-refractivity contribution in [2.24, 2.45) is 0 Å². The first-order valence-corrected chi connectivity index (χ1v) is 16.7. The van der Waals surface area contributed by atoms with Crippen molar-refractivity contribution in [1.82, 2.24) is 0 Å². The third kappa shape index (κ3) is 7.29. The number of amides is 1. The third-order valence-electron chi connectivity index (χ3n) is 7.05. The van der Waals surface area contributed by atoms with Gasteiger partial charge in [0, 0.05) is 17.8 Å². The number of benzene rings is 4. The van der Waals surface area contributed by atoms with Gasteiger partial charge in [0.05, 0.1) is 49.6 Å². The molecular weight excluding hydrogens is 634 g/mol. The fourth-order valence-electron chi connectivity index (χ4n) is 4.61. The van der Waals surface area contributed by atoms with Gasteiger partial charge < -0.3 is 24.3 Å². The maximum atomic E-state index is 14.1. The van der Waals surface area contributed by atoms with Gasteiger partial charge in [0.2, 0.25) is 5.91 Å². The van der Waals surface area contributed by atoms with Crippen LogP contribution in [-0.4, -0.2) is 57.7 Å². The Morgan fingerprint density at radius 2 is 1.28 bits per heavy atom. The van der Waals surface area contributed by atoms with E-state index < -0.39 is 32.5 Å². The fraction of sp³-hybridized carbons (Fsp3) is 0.219. The number of para-hydroxylation sites is 1. The molecule has 4 rings (SSSR count). The van der Waals surface area contributed by atoms with Gasteiger partial charge in [0.1, 0.15) is 18.0 Å². The van der Waals surface area contributed by atoms with Gasteiger partial charge in [-0.2, -0.15) is 0 Å². The number of carbonyl (C=O) groups is 1. The highest BCUT2D eigenvalue weighted by Crippen LogP contribution is 2.37. The second kappa shape index (κ2) is 14.0. The van der Waals surface area contributed by atoms with Crippen LogP contribution in [0.15, 0.2) is 88.7 Å². The molecule has 0 bridgehead atoms. The summed E-state index contributed by atoms with van der Waals surface area (Å²) in [5.41, 5.74) is 2.33. The number of rotatable bonds is 13. The summed E-state index contributed by atoms with van der Waals surface area (Å²) >= 11 is 0. The average Bonchev–Trinajstić information content (AvgIpc) is 3.04. The minimum absolute atomic E-state index is 0.0214. The molecule has 0 aromatic heterocycles. The number of anilines is 3. The van der Waals surface area contributed by atoms with Gasteiger partial charge in [-0.25, -0.2) is 16.8 Å². The van der Waals surface area contributed by atoms with Crippen LogP contribution in [0, 0.1) is 13.8 Å². The number of hydrogen-bond acceptors (Lipinski definition) is 9. The number of methoxy groups -OCH3 is 4. The molecule has 4 aromatic rings. The topological polar surface area (TPSA) is 150 Å². The third-order valence-corrected chi connectivity index (χ3v) is 10.2. The molecule has 0 saturated carbocycles. The van der Waals surface area contributed by atoms with Crippen molar-refractivity contribution in [1.29, 1.82) is 0 Å². The Morgan fingerprint density at radius 3 is 1.87 bits per heavy atom. The van der Waals surface area contributed by atoms with Gasteiger partial charge in [0.25, 0.3) is 20.0 Å². The van der Waals surface area contributed by atoms with E-state index in [1.54, 1.807) is 32.0 Å². The van der Waals surface area contributed by atoms with Crippen LogP contribution in [0.25, 0.3) is 0 Å². The maximum absolute atomic E-state index is 14.1. The molecule has 2 N–H and O–H groups in total. The predicted octanol–water partition coefficient (Wildman–Crippen LogP) is 4.97. The Balaban J connectivity index is 1.64. The van der Waals surface area contributed by atoms with Crippen LogP contribution in [0.4, 0.5) is 17.1 Å². The summed E-state index contributed by atoms with van der Waals surface area (Å²) < 4.78 is 79.1. The lowest BCUT2D eigenvalue weighted by atomic mass is 10.1. The first-order chi connectivity index (χ1) is 21.8. The van der Waals surface area contributed by atoms with Crippen molar-refractivity contribution >= 4 is 43.0 Å². The lowest BCUT2D eigenvalue weighted by Crippen LogP contribution is -2.38. The molecule has 46 heavy (non-hydrogen) atoms.